The van der Waals surface area contributed by atoms with Crippen LogP contribution in [-0.2, 0) is 23.9 Å². The van der Waals surface area contributed by atoms with E-state index in [1.54, 1.807) is 6.07 Å². The third-order valence-corrected chi connectivity index (χ3v) is 6.43. The topological polar surface area (TPSA) is 81.7 Å². The van der Waals surface area contributed by atoms with Crippen molar-refractivity contribution in [3.63, 3.8) is 0 Å². The van der Waals surface area contributed by atoms with E-state index in [1.807, 2.05) is 19.1 Å². The zero-order valence-corrected chi connectivity index (χ0v) is 15.2. The van der Waals surface area contributed by atoms with E-state index in [-0.39, 0.29) is 36.4 Å². The molecule has 1 aromatic carbocycles. The number of carbonyl (C=O) groups excluding carboxylic acids is 3. The molecule has 1 heterocycles. The summed E-state index contributed by atoms with van der Waals surface area (Å²) in [6, 6.07) is 5.43. The number of nitrogens with one attached hydrogen (secondary N) is 1. The fraction of sp³-hybridized carbons (Fsp3) is 0.500. The highest BCUT2D eigenvalue weighted by Crippen LogP contribution is 2.57. The van der Waals surface area contributed by atoms with Crippen LogP contribution in [0.25, 0.3) is 0 Å². The predicted octanol–water partition coefficient (Wildman–Crippen LogP) is 2.44. The van der Waals surface area contributed by atoms with Crippen molar-refractivity contribution in [1.29, 1.82) is 0 Å². The van der Waals surface area contributed by atoms with E-state index in [1.165, 1.54) is 0 Å². The molecule has 1 N–H and O–H groups in total. The van der Waals surface area contributed by atoms with Gasteiger partial charge in [0.15, 0.2) is 6.61 Å². The van der Waals surface area contributed by atoms with Crippen molar-refractivity contribution in [3.8, 4) is 0 Å². The molecular weight excluding hydrogens is 390 g/mol. The summed E-state index contributed by atoms with van der Waals surface area (Å²) in [5, 5.41) is 2.70. The number of halogens is 1. The highest BCUT2D eigenvalue weighted by Gasteiger charge is 2.64. The molecule has 0 aromatic heterocycles. The standard InChI is InChI=1S/C18H18BrNO5/c1-8-4-10(2-3-12(8)19)20-14(21)7-24-17(22)15-9-5-11-13(6-9)25-18(23)16(11)15/h2-4,9,11,13,15-16H,5-7H2,1H3,(H,20,21)/t9-,11+,13-,15+,16+/m1/s1. The van der Waals surface area contributed by atoms with Crippen molar-refractivity contribution in [2.24, 2.45) is 23.7 Å². The lowest BCUT2D eigenvalue weighted by Gasteiger charge is -2.22. The first-order chi connectivity index (χ1) is 11.9. The Balaban J connectivity index is 1.34. The zero-order valence-electron chi connectivity index (χ0n) is 13.7. The molecule has 0 unspecified atom stereocenters. The number of esters is 2. The van der Waals surface area contributed by atoms with Crippen LogP contribution >= 0.6 is 15.9 Å². The molecule has 7 heteroatoms. The number of amides is 1. The van der Waals surface area contributed by atoms with Gasteiger partial charge in [-0.2, -0.15) is 0 Å². The molecule has 1 amide bonds. The number of hydrogen-bond acceptors (Lipinski definition) is 5. The molecule has 2 aliphatic carbocycles. The Morgan fingerprint density at radius 1 is 1.36 bits per heavy atom. The number of fused-ring (bicyclic) bond motifs is 1. The van der Waals surface area contributed by atoms with Crippen molar-refractivity contribution < 1.29 is 23.9 Å². The summed E-state index contributed by atoms with van der Waals surface area (Å²) in [6.45, 7) is 1.57. The Labute approximate surface area is 153 Å². The molecule has 1 aromatic rings. The van der Waals surface area contributed by atoms with Crippen LogP contribution in [0.15, 0.2) is 22.7 Å². The minimum atomic E-state index is -0.461. The van der Waals surface area contributed by atoms with Crippen molar-refractivity contribution in [3.05, 3.63) is 28.2 Å². The van der Waals surface area contributed by atoms with E-state index in [0.717, 1.165) is 22.9 Å². The van der Waals surface area contributed by atoms with Gasteiger partial charge in [-0.05, 0) is 49.4 Å². The molecule has 6 nitrogen and oxygen atoms in total. The SMILES string of the molecule is Cc1cc(NC(=O)COC(=O)[C@H]2[C@@H]3C[C@@H]4[C@@H]2C(=O)O[C@@H]4C3)ccc1Br. The number of carbonyl (C=O) groups is 3. The summed E-state index contributed by atoms with van der Waals surface area (Å²) < 4.78 is 11.5. The summed E-state index contributed by atoms with van der Waals surface area (Å²) in [5.41, 5.74) is 1.63. The lowest BCUT2D eigenvalue weighted by atomic mass is 9.80. The van der Waals surface area contributed by atoms with Gasteiger partial charge < -0.3 is 14.8 Å². The Morgan fingerprint density at radius 3 is 2.92 bits per heavy atom. The van der Waals surface area contributed by atoms with Crippen LogP contribution in [0.2, 0.25) is 0 Å². The fourth-order valence-corrected chi connectivity index (χ4v) is 4.72. The zero-order chi connectivity index (χ0) is 17.7. The van der Waals surface area contributed by atoms with Crippen LogP contribution < -0.4 is 5.32 Å². The minimum absolute atomic E-state index is 0.0181. The van der Waals surface area contributed by atoms with Gasteiger partial charge in [0.2, 0.25) is 0 Å². The van der Waals surface area contributed by atoms with Crippen LogP contribution in [0.1, 0.15) is 18.4 Å². The monoisotopic (exact) mass is 407 g/mol. The Morgan fingerprint density at radius 2 is 2.16 bits per heavy atom. The molecule has 132 valence electrons. The maximum Gasteiger partial charge on any atom is 0.310 e. The van der Waals surface area contributed by atoms with E-state index in [4.69, 9.17) is 9.47 Å². The van der Waals surface area contributed by atoms with E-state index >= 15 is 0 Å². The largest absolute Gasteiger partial charge is 0.462 e. The molecule has 2 bridgehead atoms. The molecule has 4 rings (SSSR count). The van der Waals surface area contributed by atoms with Crippen molar-refractivity contribution in [2.45, 2.75) is 25.9 Å². The first-order valence-electron chi connectivity index (χ1n) is 8.37. The lowest BCUT2D eigenvalue weighted by Crippen LogP contribution is -2.34. The Bertz CT molecular complexity index is 762. The van der Waals surface area contributed by atoms with Crippen LogP contribution in [-0.4, -0.2) is 30.6 Å². The predicted molar refractivity (Wildman–Crippen MR) is 91.5 cm³/mol. The fourth-order valence-electron chi connectivity index (χ4n) is 4.48. The quantitative estimate of drug-likeness (QED) is 0.775. The smallest absolute Gasteiger partial charge is 0.310 e. The number of anilines is 1. The second-order valence-corrected chi connectivity index (χ2v) is 7.90. The summed E-state index contributed by atoms with van der Waals surface area (Å²) in [4.78, 5) is 36.4. The van der Waals surface area contributed by atoms with E-state index in [0.29, 0.717) is 5.69 Å². The van der Waals surface area contributed by atoms with Gasteiger partial charge in [-0.1, -0.05) is 15.9 Å². The molecule has 25 heavy (non-hydrogen) atoms. The van der Waals surface area contributed by atoms with Gasteiger partial charge in [-0.15, -0.1) is 0 Å². The van der Waals surface area contributed by atoms with Crippen LogP contribution in [0.3, 0.4) is 0 Å². The van der Waals surface area contributed by atoms with Gasteiger partial charge in [0.05, 0.1) is 11.8 Å². The number of ether oxygens (including phenoxy) is 2. The van der Waals surface area contributed by atoms with Gasteiger partial charge in [0.25, 0.3) is 5.91 Å². The van der Waals surface area contributed by atoms with Crippen molar-refractivity contribution in [1.82, 2.24) is 0 Å². The van der Waals surface area contributed by atoms with Crippen molar-refractivity contribution in [2.75, 3.05) is 11.9 Å². The summed E-state index contributed by atoms with van der Waals surface area (Å²) in [5.74, 6) is -1.70. The average Bonchev–Trinajstić information content (AvgIpc) is 3.18. The maximum atomic E-state index is 12.4. The highest BCUT2D eigenvalue weighted by atomic mass is 79.9. The molecule has 2 saturated carbocycles. The average molecular weight is 408 g/mol. The van der Waals surface area contributed by atoms with Crippen LogP contribution in [0, 0.1) is 30.6 Å². The summed E-state index contributed by atoms with van der Waals surface area (Å²) in [6.07, 6.45) is 1.55. The third kappa shape index (κ3) is 2.84. The van der Waals surface area contributed by atoms with E-state index in [2.05, 4.69) is 21.2 Å². The summed E-state index contributed by atoms with van der Waals surface area (Å²) >= 11 is 3.40. The number of rotatable bonds is 4. The molecule has 0 spiro atoms. The Kier molecular flexibility index (Phi) is 4.06. The normalized spacial score (nSPS) is 31.8. The van der Waals surface area contributed by atoms with Crippen LogP contribution in [0.5, 0.6) is 0 Å². The number of aryl methyl sites for hydroxylation is 1. The van der Waals surface area contributed by atoms with Gasteiger partial charge in [-0.3, -0.25) is 14.4 Å². The van der Waals surface area contributed by atoms with Crippen LogP contribution in [0.4, 0.5) is 5.69 Å². The molecule has 0 radical (unpaired) electrons. The number of hydrogen-bond donors (Lipinski definition) is 1. The highest BCUT2D eigenvalue weighted by molar-refractivity contribution is 9.10. The summed E-state index contributed by atoms with van der Waals surface area (Å²) in [7, 11) is 0. The lowest BCUT2D eigenvalue weighted by molar-refractivity contribution is -0.157. The van der Waals surface area contributed by atoms with E-state index < -0.39 is 17.8 Å². The third-order valence-electron chi connectivity index (χ3n) is 5.54. The second kappa shape index (κ2) is 6.12. The molecular formula is C18H18BrNO5. The molecule has 3 aliphatic rings. The second-order valence-electron chi connectivity index (χ2n) is 7.04. The van der Waals surface area contributed by atoms with Crippen molar-refractivity contribution >= 4 is 39.5 Å². The maximum absolute atomic E-state index is 12.4. The van der Waals surface area contributed by atoms with Gasteiger partial charge in [0.1, 0.15) is 6.10 Å². The minimum Gasteiger partial charge on any atom is -0.462 e. The van der Waals surface area contributed by atoms with Gasteiger partial charge in [-0.25, -0.2) is 0 Å². The first kappa shape index (κ1) is 16.6. The van der Waals surface area contributed by atoms with Gasteiger partial charge in [0, 0.05) is 16.1 Å². The first-order valence-corrected chi connectivity index (χ1v) is 9.16. The van der Waals surface area contributed by atoms with E-state index in [9.17, 15) is 14.4 Å². The molecule has 1 aliphatic heterocycles. The molecule has 3 fully saturated rings. The Hall–Kier alpha value is -1.89. The molecule has 1 saturated heterocycles. The number of benzene rings is 1. The molecule has 5 atom stereocenters. The van der Waals surface area contributed by atoms with Gasteiger partial charge >= 0.3 is 11.9 Å².